The monoisotopic (exact) mass is 355 g/mol. The molecule has 1 amide bonds. The lowest BCUT2D eigenvalue weighted by atomic mass is 10.1. The summed E-state index contributed by atoms with van der Waals surface area (Å²) in [5.74, 6) is 1.57. The van der Waals surface area contributed by atoms with Crippen molar-refractivity contribution < 1.29 is 14.3 Å². The second-order valence-electron chi connectivity index (χ2n) is 6.15. The first-order chi connectivity index (χ1) is 12.8. The van der Waals surface area contributed by atoms with E-state index in [-0.39, 0.29) is 12.5 Å². The van der Waals surface area contributed by atoms with Gasteiger partial charge in [0, 0.05) is 25.8 Å². The van der Waals surface area contributed by atoms with Gasteiger partial charge in [-0.15, -0.1) is 0 Å². The molecule has 1 aliphatic heterocycles. The van der Waals surface area contributed by atoms with Gasteiger partial charge in [-0.1, -0.05) is 31.2 Å². The molecule has 1 aromatic heterocycles. The zero-order chi connectivity index (χ0) is 18.2. The van der Waals surface area contributed by atoms with E-state index in [0.717, 1.165) is 55.4 Å². The van der Waals surface area contributed by atoms with Crippen molar-refractivity contribution in [1.29, 1.82) is 0 Å². The Morgan fingerprint density at radius 2 is 2.04 bits per heavy atom. The standard InChI is InChI=1S/C20H25N3O3/c1-2-17-5-3-4-6-18(17)26-15-20(24)22-14-16-7-8-19(21-13-16)23-9-11-25-12-10-23/h3-8,13H,2,9-12,14-15H2,1H3,(H,22,24). The maximum atomic E-state index is 12.0. The number of carbonyl (C=O) groups excluding carboxylic acids is 1. The van der Waals surface area contributed by atoms with Crippen LogP contribution >= 0.6 is 0 Å². The minimum atomic E-state index is -0.145. The normalized spacial score (nSPS) is 14.1. The average molecular weight is 355 g/mol. The fourth-order valence-corrected chi connectivity index (χ4v) is 2.83. The molecule has 6 nitrogen and oxygen atoms in total. The average Bonchev–Trinajstić information content (AvgIpc) is 2.72. The second kappa shape index (κ2) is 9.20. The molecule has 1 saturated heterocycles. The molecule has 1 aliphatic rings. The Labute approximate surface area is 154 Å². The van der Waals surface area contributed by atoms with E-state index >= 15 is 0 Å². The van der Waals surface area contributed by atoms with E-state index in [1.54, 1.807) is 6.20 Å². The molecule has 0 spiro atoms. The van der Waals surface area contributed by atoms with Crippen LogP contribution in [0.25, 0.3) is 0 Å². The summed E-state index contributed by atoms with van der Waals surface area (Å²) in [5, 5.41) is 2.87. The highest BCUT2D eigenvalue weighted by atomic mass is 16.5. The van der Waals surface area contributed by atoms with Gasteiger partial charge >= 0.3 is 0 Å². The fraction of sp³-hybridized carbons (Fsp3) is 0.400. The topological polar surface area (TPSA) is 63.7 Å². The first-order valence-electron chi connectivity index (χ1n) is 9.01. The molecule has 0 saturated carbocycles. The third-order valence-electron chi connectivity index (χ3n) is 4.35. The third kappa shape index (κ3) is 4.95. The maximum absolute atomic E-state index is 12.0. The molecule has 1 aromatic carbocycles. The summed E-state index contributed by atoms with van der Waals surface area (Å²) < 4.78 is 11.0. The number of nitrogens with one attached hydrogen (secondary N) is 1. The molecule has 138 valence electrons. The van der Waals surface area contributed by atoms with Gasteiger partial charge in [-0.25, -0.2) is 4.98 Å². The van der Waals surface area contributed by atoms with Crippen LogP contribution in [-0.4, -0.2) is 43.8 Å². The Morgan fingerprint density at radius 1 is 1.23 bits per heavy atom. The first kappa shape index (κ1) is 18.2. The van der Waals surface area contributed by atoms with E-state index in [0.29, 0.717) is 6.54 Å². The Kier molecular flexibility index (Phi) is 6.44. The molecule has 26 heavy (non-hydrogen) atoms. The smallest absolute Gasteiger partial charge is 0.258 e. The fourth-order valence-electron chi connectivity index (χ4n) is 2.83. The minimum absolute atomic E-state index is 0.0102. The minimum Gasteiger partial charge on any atom is -0.483 e. The zero-order valence-corrected chi connectivity index (χ0v) is 15.1. The van der Waals surface area contributed by atoms with E-state index in [1.807, 2.05) is 36.4 Å². The molecule has 0 atom stereocenters. The summed E-state index contributed by atoms with van der Waals surface area (Å²) in [6.07, 6.45) is 2.68. The van der Waals surface area contributed by atoms with Crippen LogP contribution in [0, 0.1) is 0 Å². The van der Waals surface area contributed by atoms with Gasteiger partial charge in [-0.05, 0) is 29.7 Å². The van der Waals surface area contributed by atoms with E-state index in [9.17, 15) is 4.79 Å². The van der Waals surface area contributed by atoms with Crippen LogP contribution in [0.15, 0.2) is 42.6 Å². The summed E-state index contributed by atoms with van der Waals surface area (Å²) in [6.45, 7) is 5.71. The number of amides is 1. The lowest BCUT2D eigenvalue weighted by Gasteiger charge is -2.27. The number of carbonyl (C=O) groups is 1. The van der Waals surface area contributed by atoms with E-state index in [2.05, 4.69) is 22.1 Å². The number of anilines is 1. The van der Waals surface area contributed by atoms with Gasteiger partial charge in [0.15, 0.2) is 6.61 Å². The van der Waals surface area contributed by atoms with Crippen LogP contribution in [0.1, 0.15) is 18.1 Å². The Morgan fingerprint density at radius 3 is 2.77 bits per heavy atom. The van der Waals surface area contributed by atoms with Crippen molar-refractivity contribution in [2.45, 2.75) is 19.9 Å². The van der Waals surface area contributed by atoms with Crippen LogP contribution in [0.3, 0.4) is 0 Å². The Balaban J connectivity index is 1.45. The molecule has 3 rings (SSSR count). The summed E-state index contributed by atoms with van der Waals surface area (Å²) in [6, 6.07) is 11.8. The number of benzene rings is 1. The summed E-state index contributed by atoms with van der Waals surface area (Å²) in [7, 11) is 0. The predicted octanol–water partition coefficient (Wildman–Crippen LogP) is 2.18. The molecule has 1 N–H and O–H groups in total. The number of morpholine rings is 1. The van der Waals surface area contributed by atoms with Crippen LogP contribution in [0.2, 0.25) is 0 Å². The number of aromatic nitrogens is 1. The van der Waals surface area contributed by atoms with Crippen molar-refractivity contribution in [2.24, 2.45) is 0 Å². The lowest BCUT2D eigenvalue weighted by Crippen LogP contribution is -2.36. The van der Waals surface area contributed by atoms with Crippen molar-refractivity contribution in [3.8, 4) is 5.75 Å². The van der Waals surface area contributed by atoms with Gasteiger partial charge in [0.25, 0.3) is 5.91 Å². The van der Waals surface area contributed by atoms with Gasteiger partial charge in [-0.3, -0.25) is 4.79 Å². The van der Waals surface area contributed by atoms with Crippen molar-refractivity contribution in [1.82, 2.24) is 10.3 Å². The number of para-hydroxylation sites is 1. The molecule has 0 aliphatic carbocycles. The third-order valence-corrected chi connectivity index (χ3v) is 4.35. The van der Waals surface area contributed by atoms with Gasteiger partial charge in [0.2, 0.25) is 0 Å². The molecule has 0 bridgehead atoms. The highest BCUT2D eigenvalue weighted by Crippen LogP contribution is 2.18. The number of aryl methyl sites for hydroxylation is 1. The lowest BCUT2D eigenvalue weighted by molar-refractivity contribution is -0.123. The molecular weight excluding hydrogens is 330 g/mol. The summed E-state index contributed by atoms with van der Waals surface area (Å²) >= 11 is 0. The quantitative estimate of drug-likeness (QED) is 0.825. The van der Waals surface area contributed by atoms with Gasteiger partial charge < -0.3 is 19.7 Å². The zero-order valence-electron chi connectivity index (χ0n) is 15.1. The highest BCUT2D eigenvalue weighted by Gasteiger charge is 2.12. The number of ether oxygens (including phenoxy) is 2. The second-order valence-corrected chi connectivity index (χ2v) is 6.15. The van der Waals surface area contributed by atoms with Crippen molar-refractivity contribution in [3.05, 3.63) is 53.7 Å². The Hall–Kier alpha value is -2.60. The van der Waals surface area contributed by atoms with Crippen molar-refractivity contribution >= 4 is 11.7 Å². The molecule has 2 heterocycles. The largest absolute Gasteiger partial charge is 0.483 e. The van der Waals surface area contributed by atoms with Crippen molar-refractivity contribution in [2.75, 3.05) is 37.8 Å². The molecule has 1 fully saturated rings. The first-order valence-corrected chi connectivity index (χ1v) is 9.01. The molecule has 6 heteroatoms. The molecule has 0 radical (unpaired) electrons. The van der Waals surface area contributed by atoms with Gasteiger partial charge in [-0.2, -0.15) is 0 Å². The number of hydrogen-bond acceptors (Lipinski definition) is 5. The van der Waals surface area contributed by atoms with E-state index < -0.39 is 0 Å². The van der Waals surface area contributed by atoms with E-state index in [4.69, 9.17) is 9.47 Å². The number of nitrogens with zero attached hydrogens (tertiary/aromatic N) is 2. The molecule has 2 aromatic rings. The number of hydrogen-bond donors (Lipinski definition) is 1. The number of pyridine rings is 1. The maximum Gasteiger partial charge on any atom is 0.258 e. The van der Waals surface area contributed by atoms with Crippen LogP contribution in [0.4, 0.5) is 5.82 Å². The van der Waals surface area contributed by atoms with Crippen LogP contribution < -0.4 is 15.0 Å². The van der Waals surface area contributed by atoms with Crippen LogP contribution in [-0.2, 0) is 22.5 Å². The summed E-state index contributed by atoms with van der Waals surface area (Å²) in [4.78, 5) is 18.7. The highest BCUT2D eigenvalue weighted by molar-refractivity contribution is 5.77. The Bertz CT molecular complexity index is 712. The van der Waals surface area contributed by atoms with Crippen LogP contribution in [0.5, 0.6) is 5.75 Å². The SMILES string of the molecule is CCc1ccccc1OCC(=O)NCc1ccc(N2CCOCC2)nc1. The van der Waals surface area contributed by atoms with Crippen molar-refractivity contribution in [3.63, 3.8) is 0 Å². The van der Waals surface area contributed by atoms with Gasteiger partial charge in [0.05, 0.1) is 13.2 Å². The van der Waals surface area contributed by atoms with Gasteiger partial charge in [0.1, 0.15) is 11.6 Å². The van der Waals surface area contributed by atoms with E-state index in [1.165, 1.54) is 0 Å². The molecular formula is C20H25N3O3. The number of rotatable bonds is 7. The summed E-state index contributed by atoms with van der Waals surface area (Å²) in [5.41, 5.74) is 2.06. The molecule has 0 unspecified atom stereocenters. The predicted molar refractivity (Wildman–Crippen MR) is 100 cm³/mol.